The molecule has 0 N–H and O–H groups in total. The molecule has 0 radical (unpaired) electrons. The van der Waals surface area contributed by atoms with E-state index in [1.807, 2.05) is 0 Å². The van der Waals surface area contributed by atoms with Gasteiger partial charge in [-0.2, -0.15) is 0 Å². The number of hydrogen-bond acceptors (Lipinski definition) is 1. The summed E-state index contributed by atoms with van der Waals surface area (Å²) in [7, 11) is 0. The van der Waals surface area contributed by atoms with Gasteiger partial charge in [-0.25, -0.2) is 0 Å². The maximum atomic E-state index is 2.47. The summed E-state index contributed by atoms with van der Waals surface area (Å²) in [5.41, 5.74) is 11.0. The molecular weight excluding hydrogens is 777 g/mol. The van der Waals surface area contributed by atoms with Gasteiger partial charge < -0.3 is 0 Å². The van der Waals surface area contributed by atoms with Crippen molar-refractivity contribution in [3.05, 3.63) is 214 Å². The molecule has 0 aromatic heterocycles. The molecule has 0 unspecified atom stereocenters. The van der Waals surface area contributed by atoms with E-state index in [9.17, 15) is 0 Å². The molecule has 1 heteroatoms. The van der Waals surface area contributed by atoms with Gasteiger partial charge in [-0.3, -0.25) is 0 Å². The van der Waals surface area contributed by atoms with Crippen LogP contribution in [-0.4, -0.2) is 0 Å². The number of aryl methyl sites for hydroxylation is 2. The van der Waals surface area contributed by atoms with Crippen LogP contribution in [0, 0.1) is 0 Å². The second-order valence-electron chi connectivity index (χ2n) is 18.1. The molecule has 0 aliphatic heterocycles. The summed E-state index contributed by atoms with van der Waals surface area (Å²) in [5, 5.41) is 0. The Morgan fingerprint density at radius 3 is 0.794 bits per heavy atom. The first-order chi connectivity index (χ1) is 31.2. The predicted octanol–water partition coefficient (Wildman–Crippen LogP) is 18.6. The van der Waals surface area contributed by atoms with Gasteiger partial charge in [-0.05, 0) is 70.2 Å². The molecule has 6 aromatic carbocycles. The third kappa shape index (κ3) is 13.4. The van der Waals surface area contributed by atoms with Crippen molar-refractivity contribution < 1.29 is 0 Å². The summed E-state index contributed by atoms with van der Waals surface area (Å²) < 4.78 is -1.10. The minimum atomic E-state index is -0.548. The quantitative estimate of drug-likeness (QED) is 0.0321. The van der Waals surface area contributed by atoms with Crippen LogP contribution in [0.5, 0.6) is 0 Å². The molecule has 63 heavy (non-hydrogen) atoms. The highest BCUT2D eigenvalue weighted by Crippen LogP contribution is 2.62. The van der Waals surface area contributed by atoms with E-state index in [0.29, 0.717) is 0 Å². The van der Waals surface area contributed by atoms with Crippen molar-refractivity contribution in [3.8, 4) is 0 Å². The van der Waals surface area contributed by atoms with Crippen LogP contribution in [0.25, 0.3) is 0 Å². The molecule has 0 spiro atoms. The topological polar surface area (TPSA) is 0 Å². The van der Waals surface area contributed by atoms with E-state index in [-0.39, 0.29) is 0 Å². The zero-order chi connectivity index (χ0) is 43.7. The number of unbranched alkanes of at least 4 members (excludes halogenated alkanes) is 18. The van der Waals surface area contributed by atoms with E-state index in [0.717, 1.165) is 12.8 Å². The molecule has 0 heterocycles. The lowest BCUT2D eigenvalue weighted by molar-refractivity contribution is 0.556. The van der Waals surface area contributed by atoms with Crippen molar-refractivity contribution in [2.75, 3.05) is 0 Å². The SMILES string of the molecule is CCCCCCCCCCCCc1ccccc1C(SC(c1ccccc1)(c1ccccc1)c1ccccc1CCCCCCCCCCCC)(c1ccccc1)c1ccccc1. The largest absolute Gasteiger partial charge is 0.119 e. The lowest BCUT2D eigenvalue weighted by Gasteiger charge is -2.47. The molecular formula is C62H78S. The molecule has 0 atom stereocenters. The molecule has 0 saturated carbocycles. The Labute approximate surface area is 388 Å². The second kappa shape index (κ2) is 27.1. The van der Waals surface area contributed by atoms with Crippen LogP contribution in [0.3, 0.4) is 0 Å². The molecule has 6 aromatic rings. The minimum Gasteiger partial charge on any atom is -0.119 e. The number of thioether (sulfide) groups is 1. The lowest BCUT2D eigenvalue weighted by Crippen LogP contribution is -2.37. The molecule has 0 aliphatic carbocycles. The Bertz CT molecular complexity index is 1850. The normalized spacial score (nSPS) is 11.8. The molecule has 0 nitrogen and oxygen atoms in total. The van der Waals surface area contributed by atoms with E-state index in [2.05, 4.69) is 195 Å². The monoisotopic (exact) mass is 855 g/mol. The van der Waals surface area contributed by atoms with Gasteiger partial charge in [0, 0.05) is 0 Å². The summed E-state index contributed by atoms with van der Waals surface area (Å²) in [4.78, 5) is 0. The molecule has 0 amide bonds. The summed E-state index contributed by atoms with van der Waals surface area (Å²) in [6.07, 6.45) is 29.1. The van der Waals surface area contributed by atoms with Crippen LogP contribution in [0.15, 0.2) is 170 Å². The van der Waals surface area contributed by atoms with E-state index < -0.39 is 9.49 Å². The highest BCUT2D eigenvalue weighted by Gasteiger charge is 2.49. The summed E-state index contributed by atoms with van der Waals surface area (Å²) in [5.74, 6) is 0. The van der Waals surface area contributed by atoms with Crippen LogP contribution in [0.4, 0.5) is 0 Å². The van der Waals surface area contributed by atoms with Crippen molar-refractivity contribution in [2.24, 2.45) is 0 Å². The van der Waals surface area contributed by atoms with Gasteiger partial charge in [0.25, 0.3) is 0 Å². The van der Waals surface area contributed by atoms with Gasteiger partial charge in [0.1, 0.15) is 0 Å². The Morgan fingerprint density at radius 2 is 0.508 bits per heavy atom. The van der Waals surface area contributed by atoms with Crippen LogP contribution in [-0.2, 0) is 22.3 Å². The van der Waals surface area contributed by atoms with Crippen molar-refractivity contribution >= 4 is 11.8 Å². The first-order valence-electron chi connectivity index (χ1n) is 25.3. The molecule has 0 saturated heterocycles. The van der Waals surface area contributed by atoms with Gasteiger partial charge in [0.15, 0.2) is 0 Å². The van der Waals surface area contributed by atoms with Gasteiger partial charge in [0.05, 0.1) is 9.49 Å². The highest BCUT2D eigenvalue weighted by atomic mass is 32.2. The van der Waals surface area contributed by atoms with E-state index in [4.69, 9.17) is 0 Å². The predicted molar refractivity (Wildman–Crippen MR) is 277 cm³/mol. The fraction of sp³-hybridized carbons (Fsp3) is 0.419. The van der Waals surface area contributed by atoms with Gasteiger partial charge in [-0.15, -0.1) is 11.8 Å². The Balaban J connectivity index is 1.43. The van der Waals surface area contributed by atoms with Gasteiger partial charge in [-0.1, -0.05) is 299 Å². The van der Waals surface area contributed by atoms with E-state index in [1.165, 1.54) is 173 Å². The van der Waals surface area contributed by atoms with Crippen molar-refractivity contribution in [3.63, 3.8) is 0 Å². The fourth-order valence-corrected chi connectivity index (χ4v) is 12.1. The summed E-state index contributed by atoms with van der Waals surface area (Å²) in [6.45, 7) is 4.62. The zero-order valence-corrected chi connectivity index (χ0v) is 39.9. The minimum absolute atomic E-state index is 0.548. The number of hydrogen-bond donors (Lipinski definition) is 0. The Kier molecular flexibility index (Phi) is 20.7. The van der Waals surface area contributed by atoms with Crippen molar-refractivity contribution in [1.29, 1.82) is 0 Å². The Morgan fingerprint density at radius 1 is 0.270 bits per heavy atom. The van der Waals surface area contributed by atoms with E-state index >= 15 is 0 Å². The van der Waals surface area contributed by atoms with Crippen LogP contribution in [0.2, 0.25) is 0 Å². The van der Waals surface area contributed by atoms with Gasteiger partial charge in [0.2, 0.25) is 0 Å². The number of rotatable bonds is 30. The third-order valence-electron chi connectivity index (χ3n) is 13.4. The third-order valence-corrected chi connectivity index (χ3v) is 15.4. The summed E-state index contributed by atoms with van der Waals surface area (Å²) in [6, 6.07) is 64.9. The maximum absolute atomic E-state index is 2.47. The standard InChI is InChI=1S/C62H78S/c1-3-5-7-9-11-13-15-17-19-25-39-53-41-35-37-51-59(53)61(55-43-27-21-28-44-55,56-45-29-22-30-46-56)63-62(57-47-31-23-32-48-57,58-49-33-24-34-50-58)60-52-38-36-42-54(60)40-26-20-18-16-14-12-10-8-6-4-2/h21-24,27-38,41-52H,3-20,25-26,39-40H2,1-2H3. The van der Waals surface area contributed by atoms with Crippen molar-refractivity contribution in [1.82, 2.24) is 0 Å². The Hall–Kier alpha value is -4.33. The molecule has 0 aliphatic rings. The first-order valence-corrected chi connectivity index (χ1v) is 26.1. The lowest BCUT2D eigenvalue weighted by atomic mass is 9.79. The van der Waals surface area contributed by atoms with Gasteiger partial charge >= 0.3 is 0 Å². The van der Waals surface area contributed by atoms with Crippen LogP contribution < -0.4 is 0 Å². The summed E-state index contributed by atoms with van der Waals surface area (Å²) >= 11 is 2.15. The first kappa shape index (κ1) is 48.1. The molecule has 6 rings (SSSR count). The zero-order valence-electron chi connectivity index (χ0n) is 39.1. The number of benzene rings is 6. The van der Waals surface area contributed by atoms with Crippen LogP contribution >= 0.6 is 11.8 Å². The molecule has 0 fully saturated rings. The van der Waals surface area contributed by atoms with Crippen LogP contribution in [0.1, 0.15) is 187 Å². The average Bonchev–Trinajstić information content (AvgIpc) is 3.35. The average molecular weight is 855 g/mol. The van der Waals surface area contributed by atoms with Crippen molar-refractivity contribution in [2.45, 2.75) is 165 Å². The molecule has 0 bridgehead atoms. The smallest absolute Gasteiger partial charge is 0.0925 e. The molecule has 332 valence electrons. The fourth-order valence-electron chi connectivity index (χ4n) is 9.99. The van der Waals surface area contributed by atoms with E-state index in [1.54, 1.807) is 0 Å². The maximum Gasteiger partial charge on any atom is 0.0925 e. The second-order valence-corrected chi connectivity index (χ2v) is 19.5. The highest BCUT2D eigenvalue weighted by molar-refractivity contribution is 8.02.